The van der Waals surface area contributed by atoms with Crippen molar-refractivity contribution in [2.75, 3.05) is 11.9 Å². The third-order valence-corrected chi connectivity index (χ3v) is 7.13. The fourth-order valence-electron chi connectivity index (χ4n) is 3.67. The Bertz CT molecular complexity index is 1710. The molecule has 39 heavy (non-hydrogen) atoms. The average Bonchev–Trinajstić information content (AvgIpc) is 2.86. The van der Waals surface area contributed by atoms with Gasteiger partial charge in [0.1, 0.15) is 11.4 Å². The summed E-state index contributed by atoms with van der Waals surface area (Å²) in [4.78, 5) is 12.8. The second-order valence-electron chi connectivity index (χ2n) is 8.10. The summed E-state index contributed by atoms with van der Waals surface area (Å²) in [6.07, 6.45) is 0. The number of azo groups is 1. The van der Waals surface area contributed by atoms with E-state index < -0.39 is 26.7 Å². The van der Waals surface area contributed by atoms with Gasteiger partial charge in [-0.3, -0.25) is 9.35 Å². The number of nitrogens with zero attached hydrogens (tertiary/aromatic N) is 2. The smallest absolute Gasteiger partial charge is 0.870 e. The maximum atomic E-state index is 13.4. The molecule has 0 aliphatic heterocycles. The van der Waals surface area contributed by atoms with Crippen LogP contribution in [0.3, 0.4) is 0 Å². The van der Waals surface area contributed by atoms with Gasteiger partial charge in [0.05, 0.1) is 32.9 Å². The van der Waals surface area contributed by atoms with Gasteiger partial charge in [-0.25, -0.2) is 0 Å². The monoisotopic (exact) mass is 595 g/mol. The van der Waals surface area contributed by atoms with E-state index in [2.05, 4.69) is 15.5 Å². The van der Waals surface area contributed by atoms with Crippen LogP contribution in [0.2, 0.25) is 10.0 Å². The van der Waals surface area contributed by atoms with Crippen molar-refractivity contribution in [1.82, 2.24) is 0 Å². The molecule has 0 saturated heterocycles. The zero-order valence-electron chi connectivity index (χ0n) is 21.0. The van der Waals surface area contributed by atoms with Gasteiger partial charge in [0.15, 0.2) is 0 Å². The molecule has 2 N–H and O–H groups in total. The molecule has 0 bridgehead atoms. The van der Waals surface area contributed by atoms with E-state index in [1.54, 1.807) is 42.5 Å². The zero-order chi connectivity index (χ0) is 27.6. The van der Waals surface area contributed by atoms with Gasteiger partial charge >= 0.3 is 29.6 Å². The Morgan fingerprint density at radius 1 is 1.08 bits per heavy atom. The van der Waals surface area contributed by atoms with Crippen molar-refractivity contribution < 1.29 is 57.2 Å². The molecule has 9 nitrogen and oxygen atoms in total. The molecular weight excluding hydrogens is 576 g/mol. The average molecular weight is 596 g/mol. The first-order valence-electron chi connectivity index (χ1n) is 11.2. The molecule has 0 aromatic heterocycles. The Labute approximate surface area is 256 Å². The van der Waals surface area contributed by atoms with Crippen LogP contribution >= 0.6 is 23.2 Å². The van der Waals surface area contributed by atoms with Gasteiger partial charge in [-0.2, -0.15) is 13.5 Å². The molecule has 0 atom stereocenters. The molecule has 0 spiro atoms. The van der Waals surface area contributed by atoms with Crippen LogP contribution in [0.1, 0.15) is 22.8 Å². The molecule has 4 rings (SSSR count). The Kier molecular flexibility index (Phi) is 10.0. The van der Waals surface area contributed by atoms with Crippen molar-refractivity contribution in [3.05, 3.63) is 81.8 Å². The molecule has 0 aliphatic rings. The second kappa shape index (κ2) is 12.6. The standard InChI is InChI=1S/C26H21Cl2N3O6S.Na/c1-3-37-16-8-9-20(27)21(12-16)29-26(33)19-11-15-6-4-5-7-18(15)24(25(19)32)31-30-22-13-17(38(34,35)36)10-14(2)23(22)28;/h4-13,32H,3H2,1-2H3,(H,29,33)(H,34,35,36);/q;+1/p-1. The number of carbonyl (C=O) groups is 1. The Hall–Kier alpha value is -2.70. The van der Waals surface area contributed by atoms with E-state index in [1.165, 1.54) is 19.1 Å². The number of anilines is 1. The first kappa shape index (κ1) is 30.8. The largest absolute Gasteiger partial charge is 1.00 e. The maximum Gasteiger partial charge on any atom is 1.00 e. The summed E-state index contributed by atoms with van der Waals surface area (Å²) < 4.78 is 38.1. The Morgan fingerprint density at radius 3 is 2.49 bits per heavy atom. The zero-order valence-corrected chi connectivity index (χ0v) is 25.4. The predicted molar refractivity (Wildman–Crippen MR) is 144 cm³/mol. The van der Waals surface area contributed by atoms with Gasteiger partial charge in [0, 0.05) is 17.0 Å². The molecule has 4 aromatic carbocycles. The van der Waals surface area contributed by atoms with E-state index >= 15 is 0 Å². The van der Waals surface area contributed by atoms with Crippen LogP contribution in [0.4, 0.5) is 17.1 Å². The van der Waals surface area contributed by atoms with Crippen molar-refractivity contribution in [2.24, 2.45) is 10.2 Å². The van der Waals surface area contributed by atoms with Crippen LogP contribution < -0.4 is 44.7 Å². The van der Waals surface area contributed by atoms with Crippen LogP contribution in [0.25, 0.3) is 10.8 Å². The SMILES string of the molecule is CCOc1ccc(Cl)c(NC(=O)c2cc3ccccc3c(N=Nc3cc(S(=O)(=O)O)cc(C)c3Cl)c2[O-])c1.[Na+]. The Balaban J connectivity index is 0.00000420. The number of fused-ring (bicyclic) bond motifs is 1. The van der Waals surface area contributed by atoms with Crippen LogP contribution in [0.15, 0.2) is 75.8 Å². The third-order valence-electron chi connectivity index (χ3n) is 5.48. The summed E-state index contributed by atoms with van der Waals surface area (Å²) in [6.45, 7) is 3.76. The molecule has 4 aromatic rings. The molecule has 0 fully saturated rings. The molecule has 0 unspecified atom stereocenters. The topological polar surface area (TPSA) is 140 Å². The van der Waals surface area contributed by atoms with Crippen molar-refractivity contribution in [2.45, 2.75) is 18.7 Å². The van der Waals surface area contributed by atoms with Crippen LogP contribution in [-0.4, -0.2) is 25.5 Å². The first-order chi connectivity index (χ1) is 18.0. The molecule has 0 radical (unpaired) electrons. The molecule has 0 aliphatic carbocycles. The predicted octanol–water partition coefficient (Wildman–Crippen LogP) is 3.85. The number of amides is 1. The summed E-state index contributed by atoms with van der Waals surface area (Å²) in [7, 11) is -4.54. The second-order valence-corrected chi connectivity index (χ2v) is 10.3. The number of ether oxygens (including phenoxy) is 1. The summed E-state index contributed by atoms with van der Waals surface area (Å²) in [6, 6.07) is 15.2. The first-order valence-corrected chi connectivity index (χ1v) is 13.3. The third kappa shape index (κ3) is 6.90. The van der Waals surface area contributed by atoms with Crippen molar-refractivity contribution in [3.63, 3.8) is 0 Å². The number of hydrogen-bond acceptors (Lipinski definition) is 7. The van der Waals surface area contributed by atoms with Gasteiger partial charge in [-0.15, -0.1) is 5.11 Å². The normalized spacial score (nSPS) is 11.4. The van der Waals surface area contributed by atoms with Gasteiger partial charge in [-0.1, -0.05) is 53.2 Å². The quantitative estimate of drug-likeness (QED) is 0.189. The molecule has 0 heterocycles. The number of benzene rings is 4. The van der Waals surface area contributed by atoms with Crippen LogP contribution in [-0.2, 0) is 10.1 Å². The summed E-state index contributed by atoms with van der Waals surface area (Å²) in [5.41, 5.74) is 0.111. The molecule has 196 valence electrons. The maximum absolute atomic E-state index is 13.4. The Morgan fingerprint density at radius 2 is 1.79 bits per heavy atom. The van der Waals surface area contributed by atoms with Crippen molar-refractivity contribution in [3.8, 4) is 11.5 Å². The van der Waals surface area contributed by atoms with Crippen molar-refractivity contribution in [1.29, 1.82) is 0 Å². The van der Waals surface area contributed by atoms with E-state index in [9.17, 15) is 22.9 Å². The van der Waals surface area contributed by atoms with Gasteiger partial charge in [0.25, 0.3) is 16.0 Å². The van der Waals surface area contributed by atoms with E-state index in [4.69, 9.17) is 27.9 Å². The van der Waals surface area contributed by atoms with Crippen LogP contribution in [0, 0.1) is 6.92 Å². The molecular formula is C26H20Cl2N3NaO6S. The van der Waals surface area contributed by atoms with E-state index in [0.717, 1.165) is 6.07 Å². The van der Waals surface area contributed by atoms with Gasteiger partial charge in [-0.05, 0) is 55.1 Å². The number of hydrogen-bond donors (Lipinski definition) is 2. The minimum absolute atomic E-state index is 0. The van der Waals surface area contributed by atoms with Gasteiger partial charge in [0.2, 0.25) is 0 Å². The van der Waals surface area contributed by atoms with Gasteiger partial charge < -0.3 is 15.2 Å². The number of rotatable bonds is 7. The fourth-order valence-corrected chi connectivity index (χ4v) is 4.57. The van der Waals surface area contributed by atoms with Crippen molar-refractivity contribution >= 4 is 67.1 Å². The number of aryl methyl sites for hydroxylation is 1. The number of nitrogens with one attached hydrogen (secondary N) is 1. The number of carbonyl (C=O) groups excluding carboxylic acids is 1. The summed E-state index contributed by atoms with van der Waals surface area (Å²) >= 11 is 12.5. The molecule has 0 saturated carbocycles. The molecule has 1 amide bonds. The minimum Gasteiger partial charge on any atom is -0.870 e. The van der Waals surface area contributed by atoms with E-state index in [-0.39, 0.29) is 62.2 Å². The summed E-state index contributed by atoms with van der Waals surface area (Å²) in [5.74, 6) is -0.961. The summed E-state index contributed by atoms with van der Waals surface area (Å²) in [5, 5.41) is 25.4. The minimum atomic E-state index is -4.54. The fraction of sp³-hybridized carbons (Fsp3) is 0.115. The van der Waals surface area contributed by atoms with E-state index in [1.807, 2.05) is 6.92 Å². The molecule has 13 heteroatoms. The van der Waals surface area contributed by atoms with E-state index in [0.29, 0.717) is 28.7 Å². The van der Waals surface area contributed by atoms with Crippen LogP contribution in [0.5, 0.6) is 11.5 Å². The number of halogens is 2.